The molecule has 0 aliphatic carbocycles. The number of hydrogen-bond donors (Lipinski definition) is 1. The summed E-state index contributed by atoms with van der Waals surface area (Å²) < 4.78 is 5.20. The van der Waals surface area contributed by atoms with Crippen molar-refractivity contribution in [3.05, 3.63) is 0 Å². The molecule has 2 rings (SSSR count). The summed E-state index contributed by atoms with van der Waals surface area (Å²) in [6.07, 6.45) is 0.545. The van der Waals surface area contributed by atoms with Gasteiger partial charge in [0.2, 0.25) is 5.91 Å². The molecule has 2 heterocycles. The molecule has 2 aliphatic heterocycles. The lowest BCUT2D eigenvalue weighted by Crippen LogP contribution is -2.34. The SMILES string of the molecule is O=C1C2CCOC2C(=O)N1CCCO. The maximum atomic E-state index is 11.6. The summed E-state index contributed by atoms with van der Waals surface area (Å²) in [5.74, 6) is -0.627. The predicted octanol–water partition coefficient (Wildman–Crippen LogP) is -0.857. The van der Waals surface area contributed by atoms with Crippen molar-refractivity contribution in [1.82, 2.24) is 4.90 Å². The van der Waals surface area contributed by atoms with Gasteiger partial charge in [-0.1, -0.05) is 0 Å². The molecule has 2 unspecified atom stereocenters. The third kappa shape index (κ3) is 1.33. The van der Waals surface area contributed by atoms with Crippen molar-refractivity contribution in [1.29, 1.82) is 0 Å². The second-order valence-electron chi connectivity index (χ2n) is 3.59. The van der Waals surface area contributed by atoms with E-state index in [0.717, 1.165) is 0 Å². The summed E-state index contributed by atoms with van der Waals surface area (Å²) in [5, 5.41) is 8.62. The van der Waals surface area contributed by atoms with Crippen molar-refractivity contribution in [3.63, 3.8) is 0 Å². The number of carbonyl (C=O) groups excluding carboxylic acids is 2. The van der Waals surface area contributed by atoms with Crippen molar-refractivity contribution in [2.45, 2.75) is 18.9 Å². The summed E-state index contributed by atoms with van der Waals surface area (Å²) in [6, 6.07) is 0. The van der Waals surface area contributed by atoms with Crippen molar-refractivity contribution >= 4 is 11.8 Å². The highest BCUT2D eigenvalue weighted by atomic mass is 16.5. The Bertz CT molecular complexity index is 244. The zero-order valence-electron chi connectivity index (χ0n) is 7.81. The second-order valence-corrected chi connectivity index (χ2v) is 3.59. The number of ether oxygens (including phenoxy) is 1. The molecule has 0 bridgehead atoms. The number of likely N-dealkylation sites (tertiary alicyclic amines) is 1. The molecule has 5 heteroatoms. The van der Waals surface area contributed by atoms with Crippen LogP contribution in [0.1, 0.15) is 12.8 Å². The molecule has 14 heavy (non-hydrogen) atoms. The standard InChI is InChI=1S/C9H13NO4/c11-4-1-3-10-8(12)6-2-5-14-7(6)9(10)13/h6-7,11H,1-5H2. The van der Waals surface area contributed by atoms with E-state index in [2.05, 4.69) is 0 Å². The van der Waals surface area contributed by atoms with Crippen molar-refractivity contribution in [2.75, 3.05) is 19.8 Å². The summed E-state index contributed by atoms with van der Waals surface area (Å²) in [5.41, 5.74) is 0. The van der Waals surface area contributed by atoms with Gasteiger partial charge in [0.05, 0.1) is 5.92 Å². The fraction of sp³-hybridized carbons (Fsp3) is 0.778. The minimum absolute atomic E-state index is 0.00670. The van der Waals surface area contributed by atoms with Gasteiger partial charge in [0.25, 0.3) is 5.91 Å². The smallest absolute Gasteiger partial charge is 0.259 e. The zero-order chi connectivity index (χ0) is 10.1. The molecule has 5 nitrogen and oxygen atoms in total. The average Bonchev–Trinajstić information content (AvgIpc) is 2.72. The average molecular weight is 199 g/mol. The highest BCUT2D eigenvalue weighted by Crippen LogP contribution is 2.30. The molecule has 2 amide bonds. The van der Waals surface area contributed by atoms with E-state index in [0.29, 0.717) is 26.0 Å². The largest absolute Gasteiger partial charge is 0.396 e. The summed E-state index contributed by atoms with van der Waals surface area (Å²) in [7, 11) is 0. The van der Waals surface area contributed by atoms with Gasteiger partial charge in [-0.25, -0.2) is 0 Å². The van der Waals surface area contributed by atoms with Gasteiger partial charge in [-0.2, -0.15) is 0 Å². The molecule has 0 spiro atoms. The molecule has 2 atom stereocenters. The van der Waals surface area contributed by atoms with Crippen LogP contribution < -0.4 is 0 Å². The van der Waals surface area contributed by atoms with E-state index in [1.165, 1.54) is 4.90 Å². The number of hydrogen-bond acceptors (Lipinski definition) is 4. The molecule has 0 saturated carbocycles. The van der Waals surface area contributed by atoms with Crippen LogP contribution in [0, 0.1) is 5.92 Å². The Morgan fingerprint density at radius 3 is 2.86 bits per heavy atom. The number of imide groups is 1. The number of rotatable bonds is 3. The number of aliphatic hydroxyl groups excluding tert-OH is 1. The Labute approximate surface area is 81.6 Å². The fourth-order valence-corrected chi connectivity index (χ4v) is 2.00. The van der Waals surface area contributed by atoms with Crippen LogP contribution in [0.15, 0.2) is 0 Å². The van der Waals surface area contributed by atoms with Crippen LogP contribution in [0.3, 0.4) is 0 Å². The van der Waals surface area contributed by atoms with Gasteiger partial charge < -0.3 is 9.84 Å². The van der Waals surface area contributed by atoms with Gasteiger partial charge >= 0.3 is 0 Å². The zero-order valence-corrected chi connectivity index (χ0v) is 7.81. The van der Waals surface area contributed by atoms with Crippen molar-refractivity contribution in [3.8, 4) is 0 Å². The molecular weight excluding hydrogens is 186 g/mol. The van der Waals surface area contributed by atoms with E-state index < -0.39 is 6.10 Å². The summed E-state index contributed by atoms with van der Waals surface area (Å²) in [6.45, 7) is 0.804. The van der Waals surface area contributed by atoms with Crippen LogP contribution in [0.4, 0.5) is 0 Å². The predicted molar refractivity (Wildman–Crippen MR) is 46.3 cm³/mol. The number of aliphatic hydroxyl groups is 1. The third-order valence-electron chi connectivity index (χ3n) is 2.72. The van der Waals surface area contributed by atoms with Gasteiger partial charge in [0, 0.05) is 19.8 Å². The number of nitrogens with zero attached hydrogens (tertiary/aromatic N) is 1. The Kier molecular flexibility index (Phi) is 2.52. The molecule has 0 aromatic heterocycles. The van der Waals surface area contributed by atoms with Crippen LogP contribution in [-0.2, 0) is 14.3 Å². The molecular formula is C9H13NO4. The molecule has 2 fully saturated rings. The van der Waals surface area contributed by atoms with E-state index >= 15 is 0 Å². The molecule has 2 aliphatic rings. The minimum atomic E-state index is -0.541. The highest BCUT2D eigenvalue weighted by molar-refractivity contribution is 6.06. The number of fused-ring (bicyclic) bond motifs is 1. The maximum absolute atomic E-state index is 11.6. The number of carbonyl (C=O) groups is 2. The van der Waals surface area contributed by atoms with Gasteiger partial charge in [-0.3, -0.25) is 14.5 Å². The highest BCUT2D eigenvalue weighted by Gasteiger charge is 2.50. The van der Waals surface area contributed by atoms with Crippen LogP contribution in [0.5, 0.6) is 0 Å². The van der Waals surface area contributed by atoms with E-state index in [9.17, 15) is 9.59 Å². The van der Waals surface area contributed by atoms with Crippen LogP contribution in [0.2, 0.25) is 0 Å². The molecule has 1 N–H and O–H groups in total. The molecule has 0 aromatic rings. The minimum Gasteiger partial charge on any atom is -0.396 e. The molecule has 78 valence electrons. The first-order chi connectivity index (χ1) is 6.75. The van der Waals surface area contributed by atoms with Crippen LogP contribution >= 0.6 is 0 Å². The molecule has 0 radical (unpaired) electrons. The van der Waals surface area contributed by atoms with Crippen LogP contribution in [-0.4, -0.2) is 47.7 Å². The lowest BCUT2D eigenvalue weighted by atomic mass is 10.1. The van der Waals surface area contributed by atoms with E-state index in [1.807, 2.05) is 0 Å². The van der Waals surface area contributed by atoms with E-state index in [4.69, 9.17) is 9.84 Å². The quantitative estimate of drug-likeness (QED) is 0.601. The first kappa shape index (κ1) is 9.61. The summed E-state index contributed by atoms with van der Waals surface area (Å²) >= 11 is 0. The number of amides is 2. The van der Waals surface area contributed by atoms with E-state index in [-0.39, 0.29) is 24.3 Å². The van der Waals surface area contributed by atoms with E-state index in [1.54, 1.807) is 0 Å². The normalized spacial score (nSPS) is 31.4. The lowest BCUT2D eigenvalue weighted by Gasteiger charge is -2.14. The summed E-state index contributed by atoms with van der Waals surface area (Å²) in [4.78, 5) is 24.5. The molecule has 2 saturated heterocycles. The first-order valence-corrected chi connectivity index (χ1v) is 4.83. The van der Waals surface area contributed by atoms with Gasteiger partial charge in [0.1, 0.15) is 6.10 Å². The van der Waals surface area contributed by atoms with Gasteiger partial charge in [0.15, 0.2) is 0 Å². The van der Waals surface area contributed by atoms with Gasteiger partial charge in [-0.15, -0.1) is 0 Å². The van der Waals surface area contributed by atoms with Crippen molar-refractivity contribution in [2.24, 2.45) is 5.92 Å². The monoisotopic (exact) mass is 199 g/mol. The Morgan fingerprint density at radius 2 is 2.21 bits per heavy atom. The van der Waals surface area contributed by atoms with Crippen LogP contribution in [0.25, 0.3) is 0 Å². The maximum Gasteiger partial charge on any atom is 0.259 e. The first-order valence-electron chi connectivity index (χ1n) is 4.83. The molecule has 0 aromatic carbocycles. The lowest BCUT2D eigenvalue weighted by molar-refractivity contribution is -0.142. The Morgan fingerprint density at radius 1 is 1.43 bits per heavy atom. The fourth-order valence-electron chi connectivity index (χ4n) is 2.00. The Hall–Kier alpha value is -0.940. The topological polar surface area (TPSA) is 66.8 Å². The van der Waals surface area contributed by atoms with Crippen molar-refractivity contribution < 1.29 is 19.4 Å². The van der Waals surface area contributed by atoms with Gasteiger partial charge in [-0.05, 0) is 12.8 Å². The second kappa shape index (κ2) is 3.67. The Balaban J connectivity index is 2.06. The third-order valence-corrected chi connectivity index (χ3v) is 2.72.